The molecule has 0 unspecified atom stereocenters. The number of hydrogen-bond donors (Lipinski definition) is 0. The third-order valence-corrected chi connectivity index (χ3v) is 8.33. The van der Waals surface area contributed by atoms with Crippen molar-refractivity contribution in [2.75, 3.05) is 0 Å². The zero-order valence-electron chi connectivity index (χ0n) is 17.5. The molecular weight excluding hydrogens is 488 g/mol. The van der Waals surface area contributed by atoms with Gasteiger partial charge >= 0.3 is 0 Å². The number of thiazole rings is 1. The summed E-state index contributed by atoms with van der Waals surface area (Å²) >= 11 is 15.5. The first-order chi connectivity index (χ1) is 16.1. The van der Waals surface area contributed by atoms with E-state index in [-0.39, 0.29) is 0 Å². The lowest BCUT2D eigenvalue weighted by atomic mass is 10.2. The van der Waals surface area contributed by atoms with Crippen LogP contribution in [0.3, 0.4) is 0 Å². The van der Waals surface area contributed by atoms with Crippen LogP contribution in [0.1, 0.15) is 11.1 Å². The molecule has 8 heteroatoms. The highest BCUT2D eigenvalue weighted by atomic mass is 35.5. The standard InChI is InChI=1S/C25H17ClN4S3/c1-15-8-2-6-12-19(15)30-23-21(33-25(30)31)22-27-18-11-5-7-13-20(18)29(22)24(28-23)32-14-16-9-3-4-10-17(16)26/h2-13H,14H2,1H3. The Hall–Kier alpha value is -2.71. The van der Waals surface area contributed by atoms with Gasteiger partial charge in [-0.25, -0.2) is 9.97 Å². The van der Waals surface area contributed by atoms with Gasteiger partial charge in [0.05, 0.1) is 16.7 Å². The number of hydrogen-bond acceptors (Lipinski definition) is 5. The minimum absolute atomic E-state index is 0.703. The number of para-hydroxylation sites is 3. The van der Waals surface area contributed by atoms with Gasteiger partial charge in [0.25, 0.3) is 0 Å². The third kappa shape index (κ3) is 3.47. The van der Waals surface area contributed by atoms with Crippen molar-refractivity contribution >= 4 is 73.9 Å². The summed E-state index contributed by atoms with van der Waals surface area (Å²) in [6, 6.07) is 24.3. The molecule has 0 amide bonds. The van der Waals surface area contributed by atoms with Crippen molar-refractivity contribution in [1.82, 2.24) is 18.9 Å². The molecule has 0 fully saturated rings. The molecule has 0 atom stereocenters. The first-order valence-electron chi connectivity index (χ1n) is 10.4. The highest BCUT2D eigenvalue weighted by Crippen LogP contribution is 2.36. The maximum absolute atomic E-state index is 6.43. The number of thioether (sulfide) groups is 1. The maximum atomic E-state index is 6.43. The largest absolute Gasteiger partial charge is 0.275 e. The number of halogens is 1. The van der Waals surface area contributed by atoms with Crippen LogP contribution in [0.5, 0.6) is 0 Å². The highest BCUT2D eigenvalue weighted by molar-refractivity contribution is 7.98. The van der Waals surface area contributed by atoms with Crippen LogP contribution in [0.15, 0.2) is 78.0 Å². The number of aryl methyl sites for hydroxylation is 1. The predicted molar refractivity (Wildman–Crippen MR) is 142 cm³/mol. The fourth-order valence-electron chi connectivity index (χ4n) is 4.01. The van der Waals surface area contributed by atoms with Crippen molar-refractivity contribution in [2.45, 2.75) is 17.8 Å². The molecule has 0 saturated carbocycles. The summed E-state index contributed by atoms with van der Waals surface area (Å²) in [4.78, 5) is 10.1. The minimum Gasteiger partial charge on any atom is -0.275 e. The van der Waals surface area contributed by atoms with Crippen molar-refractivity contribution in [3.8, 4) is 5.69 Å². The summed E-state index contributed by atoms with van der Waals surface area (Å²) in [5, 5.41) is 1.62. The second-order valence-electron chi connectivity index (χ2n) is 7.68. The average molecular weight is 505 g/mol. The molecule has 3 aromatic carbocycles. The summed E-state index contributed by atoms with van der Waals surface area (Å²) in [5.74, 6) is 0.703. The van der Waals surface area contributed by atoms with E-state index >= 15 is 0 Å². The number of rotatable bonds is 4. The number of aromatic nitrogens is 4. The van der Waals surface area contributed by atoms with E-state index in [0.29, 0.717) is 5.75 Å². The Morgan fingerprint density at radius 1 is 0.939 bits per heavy atom. The SMILES string of the molecule is Cc1ccccc1-n1c(=S)sc2c1nc(SCc1ccccc1Cl)n1c3ccccc3nc21. The molecular formula is C25H17ClN4S3. The molecule has 0 radical (unpaired) electrons. The zero-order chi connectivity index (χ0) is 22.5. The number of benzene rings is 3. The van der Waals surface area contributed by atoms with E-state index in [1.807, 2.05) is 48.5 Å². The van der Waals surface area contributed by atoms with Gasteiger partial charge in [0.2, 0.25) is 0 Å². The van der Waals surface area contributed by atoms with Crippen LogP contribution in [0.2, 0.25) is 5.02 Å². The Morgan fingerprint density at radius 2 is 1.70 bits per heavy atom. The van der Waals surface area contributed by atoms with Gasteiger partial charge in [0.1, 0.15) is 4.70 Å². The summed E-state index contributed by atoms with van der Waals surface area (Å²) in [7, 11) is 0. The first-order valence-corrected chi connectivity index (χ1v) is 13.0. The van der Waals surface area contributed by atoms with Crippen LogP contribution in [0.4, 0.5) is 0 Å². The van der Waals surface area contributed by atoms with Gasteiger partial charge in [0.15, 0.2) is 20.4 Å². The van der Waals surface area contributed by atoms with Gasteiger partial charge in [-0.3, -0.25) is 8.97 Å². The van der Waals surface area contributed by atoms with E-state index in [0.717, 1.165) is 58.0 Å². The molecule has 0 spiro atoms. The maximum Gasteiger partial charge on any atom is 0.176 e. The molecule has 3 heterocycles. The van der Waals surface area contributed by atoms with Gasteiger partial charge in [-0.2, -0.15) is 0 Å². The molecule has 3 aromatic heterocycles. The Morgan fingerprint density at radius 3 is 2.55 bits per heavy atom. The second-order valence-corrected chi connectivity index (χ2v) is 10.7. The van der Waals surface area contributed by atoms with Gasteiger partial charge in [0, 0.05) is 10.8 Å². The van der Waals surface area contributed by atoms with Crippen molar-refractivity contribution in [3.05, 3.63) is 92.9 Å². The Labute approximate surface area is 208 Å². The summed E-state index contributed by atoms with van der Waals surface area (Å²) in [6.07, 6.45) is 0. The first kappa shape index (κ1) is 20.9. The molecule has 6 rings (SSSR count). The summed E-state index contributed by atoms with van der Waals surface area (Å²) in [6.45, 7) is 2.09. The Balaban J connectivity index is 1.64. The lowest BCUT2D eigenvalue weighted by molar-refractivity contribution is 0.925. The number of nitrogens with zero attached hydrogens (tertiary/aromatic N) is 4. The van der Waals surface area contributed by atoms with Crippen molar-refractivity contribution in [2.24, 2.45) is 0 Å². The van der Waals surface area contributed by atoms with Crippen LogP contribution in [-0.4, -0.2) is 18.9 Å². The zero-order valence-corrected chi connectivity index (χ0v) is 20.7. The fourth-order valence-corrected chi connectivity index (χ4v) is 6.63. The van der Waals surface area contributed by atoms with Crippen molar-refractivity contribution in [1.29, 1.82) is 0 Å². The van der Waals surface area contributed by atoms with Crippen LogP contribution in [0.25, 0.3) is 32.7 Å². The molecule has 0 aliphatic heterocycles. The highest BCUT2D eigenvalue weighted by Gasteiger charge is 2.20. The minimum atomic E-state index is 0.703. The normalized spacial score (nSPS) is 11.7. The predicted octanol–water partition coefficient (Wildman–Crippen LogP) is 7.87. The van der Waals surface area contributed by atoms with E-state index in [2.05, 4.69) is 40.2 Å². The lowest BCUT2D eigenvalue weighted by Gasteiger charge is -2.11. The van der Waals surface area contributed by atoms with Gasteiger partial charge in [-0.1, -0.05) is 83.2 Å². The molecule has 0 saturated heterocycles. The van der Waals surface area contributed by atoms with Crippen LogP contribution in [-0.2, 0) is 5.75 Å². The van der Waals surface area contributed by atoms with Gasteiger partial charge < -0.3 is 0 Å². The Kier molecular flexibility index (Phi) is 5.22. The van der Waals surface area contributed by atoms with Crippen LogP contribution < -0.4 is 0 Å². The van der Waals surface area contributed by atoms with Crippen molar-refractivity contribution < 1.29 is 0 Å². The number of fused-ring (bicyclic) bond motifs is 5. The molecule has 0 bridgehead atoms. The van der Waals surface area contributed by atoms with E-state index in [4.69, 9.17) is 33.8 Å². The molecule has 162 valence electrons. The fraction of sp³-hybridized carbons (Fsp3) is 0.0800. The topological polar surface area (TPSA) is 35.1 Å². The quantitative estimate of drug-likeness (QED) is 0.139. The molecule has 4 nitrogen and oxygen atoms in total. The summed E-state index contributed by atoms with van der Waals surface area (Å²) < 4.78 is 5.96. The van der Waals surface area contributed by atoms with Gasteiger partial charge in [-0.05, 0) is 54.5 Å². The summed E-state index contributed by atoms with van der Waals surface area (Å²) in [5.41, 5.74) is 6.95. The molecule has 33 heavy (non-hydrogen) atoms. The molecule has 0 N–H and O–H groups in total. The number of imidazole rings is 1. The third-order valence-electron chi connectivity index (χ3n) is 5.61. The lowest BCUT2D eigenvalue weighted by Crippen LogP contribution is -2.02. The smallest absolute Gasteiger partial charge is 0.176 e. The average Bonchev–Trinajstić information content (AvgIpc) is 3.36. The molecule has 6 aromatic rings. The monoisotopic (exact) mass is 504 g/mol. The van der Waals surface area contributed by atoms with Crippen LogP contribution in [0, 0.1) is 10.9 Å². The van der Waals surface area contributed by atoms with E-state index in [9.17, 15) is 0 Å². The van der Waals surface area contributed by atoms with Gasteiger partial charge in [-0.15, -0.1) is 0 Å². The van der Waals surface area contributed by atoms with Crippen molar-refractivity contribution in [3.63, 3.8) is 0 Å². The Bertz CT molecular complexity index is 1730. The van der Waals surface area contributed by atoms with E-state index in [1.54, 1.807) is 23.1 Å². The molecule has 0 aliphatic carbocycles. The second kappa shape index (κ2) is 8.25. The van der Waals surface area contributed by atoms with E-state index in [1.165, 1.54) is 0 Å². The van der Waals surface area contributed by atoms with E-state index < -0.39 is 0 Å². The molecule has 0 aliphatic rings. The van der Waals surface area contributed by atoms with Crippen LogP contribution >= 0.6 is 46.9 Å².